The summed E-state index contributed by atoms with van der Waals surface area (Å²) in [5, 5.41) is 12.5. The number of aromatic nitrogens is 1. The largest absolute Gasteiger partial charge is 0.481 e. The Balaban J connectivity index is 1.89. The first-order valence-electron chi connectivity index (χ1n) is 6.93. The van der Waals surface area contributed by atoms with Gasteiger partial charge in [-0.2, -0.15) is 0 Å². The lowest BCUT2D eigenvalue weighted by Gasteiger charge is -2.08. The number of carboxylic acid groups (broad SMARTS) is 1. The highest BCUT2D eigenvalue weighted by Crippen LogP contribution is 2.13. The molecule has 21 heavy (non-hydrogen) atoms. The highest BCUT2D eigenvalue weighted by Gasteiger charge is 2.11. The maximum atomic E-state index is 12.0. The van der Waals surface area contributed by atoms with Gasteiger partial charge in [0.2, 0.25) is 0 Å². The van der Waals surface area contributed by atoms with Crippen molar-refractivity contribution in [1.29, 1.82) is 0 Å². The van der Waals surface area contributed by atoms with Crippen molar-refractivity contribution in [2.75, 3.05) is 6.54 Å². The third kappa shape index (κ3) is 4.02. The van der Waals surface area contributed by atoms with Crippen molar-refractivity contribution < 1.29 is 14.7 Å². The first-order chi connectivity index (χ1) is 10.1. The predicted molar refractivity (Wildman–Crippen MR) is 80.1 cm³/mol. The van der Waals surface area contributed by atoms with E-state index in [9.17, 15) is 9.59 Å². The Morgan fingerprint density at radius 2 is 2.14 bits per heavy atom. The van der Waals surface area contributed by atoms with Gasteiger partial charge in [0.1, 0.15) is 0 Å². The zero-order valence-electron chi connectivity index (χ0n) is 11.9. The Morgan fingerprint density at radius 3 is 2.90 bits per heavy atom. The van der Waals surface area contributed by atoms with E-state index in [1.54, 1.807) is 25.3 Å². The smallest absolute Gasteiger partial charge is 0.306 e. The molecule has 0 aliphatic rings. The standard InChI is InChI=1S/C16H18N2O3/c1-11(16(20)21)4-2-9-18-15(19)13-6-7-14-12(10-13)5-3-8-17-14/h3,5-8,10-11H,2,4,9H2,1H3,(H,18,19)(H,20,21). The molecule has 0 radical (unpaired) electrons. The molecule has 2 rings (SSSR count). The van der Waals surface area contributed by atoms with Gasteiger partial charge in [-0.05, 0) is 37.1 Å². The van der Waals surface area contributed by atoms with Crippen LogP contribution in [0.4, 0.5) is 0 Å². The SMILES string of the molecule is CC(CCCNC(=O)c1ccc2ncccc2c1)C(=O)O. The van der Waals surface area contributed by atoms with Crippen LogP contribution >= 0.6 is 0 Å². The number of nitrogens with one attached hydrogen (secondary N) is 1. The molecule has 0 saturated heterocycles. The number of rotatable bonds is 6. The summed E-state index contributed by atoms with van der Waals surface area (Å²) in [6.07, 6.45) is 2.91. The van der Waals surface area contributed by atoms with E-state index in [1.165, 1.54) is 0 Å². The minimum atomic E-state index is -0.802. The Bertz CT molecular complexity index is 655. The molecule has 0 spiro atoms. The van der Waals surface area contributed by atoms with Crippen molar-refractivity contribution >= 4 is 22.8 Å². The summed E-state index contributed by atoms with van der Waals surface area (Å²) >= 11 is 0. The number of pyridine rings is 1. The van der Waals surface area contributed by atoms with Crippen LogP contribution < -0.4 is 5.32 Å². The number of hydrogen-bond acceptors (Lipinski definition) is 3. The van der Waals surface area contributed by atoms with Gasteiger partial charge in [-0.15, -0.1) is 0 Å². The fraction of sp³-hybridized carbons (Fsp3) is 0.312. The van der Waals surface area contributed by atoms with E-state index in [0.29, 0.717) is 24.9 Å². The fourth-order valence-electron chi connectivity index (χ4n) is 2.05. The monoisotopic (exact) mass is 286 g/mol. The van der Waals surface area contributed by atoms with Gasteiger partial charge >= 0.3 is 5.97 Å². The quantitative estimate of drug-likeness (QED) is 0.799. The van der Waals surface area contributed by atoms with Crippen LogP contribution in [0.3, 0.4) is 0 Å². The molecule has 1 atom stereocenters. The van der Waals surface area contributed by atoms with Crippen molar-refractivity contribution in [2.24, 2.45) is 5.92 Å². The number of carboxylic acids is 1. The molecule has 1 amide bonds. The highest BCUT2D eigenvalue weighted by atomic mass is 16.4. The molecule has 5 nitrogen and oxygen atoms in total. The molecule has 0 aliphatic carbocycles. The van der Waals surface area contributed by atoms with Gasteiger partial charge in [0.15, 0.2) is 0 Å². The van der Waals surface area contributed by atoms with Crippen molar-refractivity contribution in [1.82, 2.24) is 10.3 Å². The summed E-state index contributed by atoms with van der Waals surface area (Å²) in [6, 6.07) is 9.10. The van der Waals surface area contributed by atoms with E-state index >= 15 is 0 Å². The van der Waals surface area contributed by atoms with E-state index in [4.69, 9.17) is 5.11 Å². The zero-order chi connectivity index (χ0) is 15.2. The molecule has 0 saturated carbocycles. The van der Waals surface area contributed by atoms with Crippen molar-refractivity contribution in [3.05, 3.63) is 42.1 Å². The minimum Gasteiger partial charge on any atom is -0.481 e. The summed E-state index contributed by atoms with van der Waals surface area (Å²) < 4.78 is 0. The van der Waals surface area contributed by atoms with Crippen molar-refractivity contribution in [3.63, 3.8) is 0 Å². The summed E-state index contributed by atoms with van der Waals surface area (Å²) in [6.45, 7) is 2.14. The highest BCUT2D eigenvalue weighted by molar-refractivity contribution is 5.97. The number of benzene rings is 1. The van der Waals surface area contributed by atoms with Crippen molar-refractivity contribution in [2.45, 2.75) is 19.8 Å². The number of carbonyl (C=O) groups excluding carboxylic acids is 1. The second-order valence-corrected chi connectivity index (χ2v) is 5.05. The number of carbonyl (C=O) groups is 2. The van der Waals surface area contributed by atoms with Gasteiger partial charge in [-0.25, -0.2) is 0 Å². The predicted octanol–water partition coefficient (Wildman–Crippen LogP) is 2.47. The average Bonchev–Trinajstić information content (AvgIpc) is 2.50. The normalized spacial score (nSPS) is 12.0. The minimum absolute atomic E-state index is 0.149. The van der Waals surface area contributed by atoms with Crippen molar-refractivity contribution in [3.8, 4) is 0 Å². The van der Waals surface area contributed by atoms with Crippen LogP contribution in [0.1, 0.15) is 30.1 Å². The molecule has 1 aromatic heterocycles. The zero-order valence-corrected chi connectivity index (χ0v) is 11.9. The topological polar surface area (TPSA) is 79.3 Å². The maximum absolute atomic E-state index is 12.0. The lowest BCUT2D eigenvalue weighted by Crippen LogP contribution is -2.25. The van der Waals surface area contributed by atoms with Crippen LogP contribution in [0.25, 0.3) is 10.9 Å². The van der Waals surface area contributed by atoms with E-state index in [1.807, 2.05) is 18.2 Å². The fourth-order valence-corrected chi connectivity index (χ4v) is 2.05. The third-order valence-electron chi connectivity index (χ3n) is 3.39. The molecule has 2 aromatic rings. The number of aliphatic carboxylic acids is 1. The van der Waals surface area contributed by atoms with Crippen LogP contribution in [-0.4, -0.2) is 28.5 Å². The number of nitrogens with zero attached hydrogens (tertiary/aromatic N) is 1. The number of fused-ring (bicyclic) bond motifs is 1. The van der Waals surface area contributed by atoms with Crippen LogP contribution in [0, 0.1) is 5.92 Å². The van der Waals surface area contributed by atoms with Gasteiger partial charge in [0.25, 0.3) is 5.91 Å². The second-order valence-electron chi connectivity index (χ2n) is 5.05. The molecule has 5 heteroatoms. The molecule has 1 heterocycles. The lowest BCUT2D eigenvalue weighted by atomic mass is 10.1. The van der Waals surface area contributed by atoms with Gasteiger partial charge in [-0.1, -0.05) is 13.0 Å². The second kappa shape index (κ2) is 6.83. The Labute approximate surface area is 123 Å². The lowest BCUT2D eigenvalue weighted by molar-refractivity contribution is -0.141. The van der Waals surface area contributed by atoms with E-state index < -0.39 is 5.97 Å². The molecule has 0 fully saturated rings. The molecule has 0 bridgehead atoms. The Hall–Kier alpha value is -2.43. The van der Waals surface area contributed by atoms with Gasteiger partial charge in [0, 0.05) is 23.7 Å². The Morgan fingerprint density at radius 1 is 1.33 bits per heavy atom. The summed E-state index contributed by atoms with van der Waals surface area (Å²) in [5.41, 5.74) is 1.44. The van der Waals surface area contributed by atoms with Crippen LogP contribution in [0.15, 0.2) is 36.5 Å². The van der Waals surface area contributed by atoms with Crippen LogP contribution in [0.2, 0.25) is 0 Å². The van der Waals surface area contributed by atoms with E-state index in [2.05, 4.69) is 10.3 Å². The van der Waals surface area contributed by atoms with E-state index in [0.717, 1.165) is 10.9 Å². The molecule has 110 valence electrons. The van der Waals surface area contributed by atoms with Gasteiger partial charge in [0.05, 0.1) is 11.4 Å². The average molecular weight is 286 g/mol. The van der Waals surface area contributed by atoms with Gasteiger partial charge < -0.3 is 10.4 Å². The third-order valence-corrected chi connectivity index (χ3v) is 3.39. The molecule has 0 aliphatic heterocycles. The molecule has 2 N–H and O–H groups in total. The maximum Gasteiger partial charge on any atom is 0.306 e. The molecular weight excluding hydrogens is 268 g/mol. The number of hydrogen-bond donors (Lipinski definition) is 2. The number of amides is 1. The molecule has 1 unspecified atom stereocenters. The first kappa shape index (κ1) is 15.0. The molecular formula is C16H18N2O3. The summed E-state index contributed by atoms with van der Waals surface area (Å²) in [5.74, 6) is -1.33. The molecule has 1 aromatic carbocycles. The van der Waals surface area contributed by atoms with Gasteiger partial charge in [-0.3, -0.25) is 14.6 Å². The summed E-state index contributed by atoms with van der Waals surface area (Å²) in [4.78, 5) is 26.9. The first-order valence-corrected chi connectivity index (χ1v) is 6.93. The summed E-state index contributed by atoms with van der Waals surface area (Å²) in [7, 11) is 0. The van der Waals surface area contributed by atoms with E-state index in [-0.39, 0.29) is 11.8 Å². The van der Waals surface area contributed by atoms with Crippen LogP contribution in [0.5, 0.6) is 0 Å². The van der Waals surface area contributed by atoms with Crippen LogP contribution in [-0.2, 0) is 4.79 Å². The Kier molecular flexibility index (Phi) is 4.87.